The molecule has 9 N–H and O–H groups in total. The van der Waals surface area contributed by atoms with E-state index in [0.29, 0.717) is 24.4 Å². The molecule has 3 rings (SSSR count). The Labute approximate surface area is 241 Å². The van der Waals surface area contributed by atoms with E-state index in [4.69, 9.17) is 33.2 Å². The van der Waals surface area contributed by atoms with Crippen LogP contribution >= 0.6 is 0 Å². The van der Waals surface area contributed by atoms with E-state index in [-0.39, 0.29) is 0 Å². The fourth-order valence-corrected chi connectivity index (χ4v) is 3.98. The third-order valence-corrected chi connectivity index (χ3v) is 5.78. The summed E-state index contributed by atoms with van der Waals surface area (Å²) in [5, 5.41) is 10.2. The monoisotopic (exact) mass is 556 g/mol. The van der Waals surface area contributed by atoms with Gasteiger partial charge in [-0.25, -0.2) is 26.6 Å². The molecule has 3 heterocycles. The maximum absolute atomic E-state index is 7.33. The summed E-state index contributed by atoms with van der Waals surface area (Å²) in [5.41, 5.74) is 16.7. The molecule has 0 atom stereocenters. The largest absolute Gasteiger partial charge is 0.516 e. The van der Waals surface area contributed by atoms with Gasteiger partial charge in [-0.1, -0.05) is 40.9 Å². The molecule has 0 bridgehead atoms. The highest BCUT2D eigenvalue weighted by molar-refractivity contribution is 5.65. The Morgan fingerprint density at radius 2 is 1.70 bits per heavy atom. The number of nitrogens with zero attached hydrogens (tertiary/aromatic N) is 6. The number of aliphatic hydroxyl groups is 1. The minimum absolute atomic E-state index is 0.576. The van der Waals surface area contributed by atoms with Crippen molar-refractivity contribution in [3.63, 3.8) is 0 Å². The fourth-order valence-electron chi connectivity index (χ4n) is 3.98. The van der Waals surface area contributed by atoms with Crippen molar-refractivity contribution in [3.8, 4) is 0 Å². The van der Waals surface area contributed by atoms with Gasteiger partial charge in [0.2, 0.25) is 0 Å². The van der Waals surface area contributed by atoms with Crippen LogP contribution in [-0.2, 0) is 12.8 Å². The van der Waals surface area contributed by atoms with Gasteiger partial charge in [-0.2, -0.15) is 0 Å². The van der Waals surface area contributed by atoms with E-state index in [1.807, 2.05) is 32.9 Å². The number of hydrazine groups is 2. The molecule has 0 radical (unpaired) electrons. The van der Waals surface area contributed by atoms with Crippen LogP contribution in [-0.4, -0.2) is 51.7 Å². The van der Waals surface area contributed by atoms with Crippen LogP contribution in [0.15, 0.2) is 55.8 Å². The number of pyridine rings is 1. The molecule has 0 aromatic carbocycles. The Balaban J connectivity index is 0.00000171. The molecular weight excluding hydrogens is 504 g/mol. The van der Waals surface area contributed by atoms with Crippen LogP contribution in [0.2, 0.25) is 0 Å². The molecular formula is C29H52N10O. The van der Waals surface area contributed by atoms with Gasteiger partial charge in [0.1, 0.15) is 12.1 Å². The first-order valence-electron chi connectivity index (χ1n) is 13.9. The summed E-state index contributed by atoms with van der Waals surface area (Å²) in [4.78, 5) is 15.8. The van der Waals surface area contributed by atoms with E-state index in [1.165, 1.54) is 42.5 Å². The van der Waals surface area contributed by atoms with Crippen LogP contribution in [0.25, 0.3) is 5.70 Å². The Bertz CT molecular complexity index is 1020. The average Bonchev–Trinajstić information content (AvgIpc) is 2.98. The van der Waals surface area contributed by atoms with Crippen molar-refractivity contribution in [2.24, 2.45) is 23.2 Å². The molecule has 1 aliphatic heterocycles. The van der Waals surface area contributed by atoms with E-state index in [9.17, 15) is 0 Å². The quantitative estimate of drug-likeness (QED) is 0.172. The molecule has 11 heteroatoms. The molecule has 224 valence electrons. The summed E-state index contributed by atoms with van der Waals surface area (Å²) in [6.07, 6.45) is 9.58. The zero-order chi connectivity index (χ0) is 30.5. The molecule has 11 nitrogen and oxygen atoms in total. The maximum atomic E-state index is 7.33. The van der Waals surface area contributed by atoms with E-state index >= 15 is 0 Å². The van der Waals surface area contributed by atoms with Gasteiger partial charge in [-0.3, -0.25) is 5.01 Å². The molecule has 0 unspecified atom stereocenters. The van der Waals surface area contributed by atoms with Crippen LogP contribution < -0.4 is 33.1 Å². The summed E-state index contributed by atoms with van der Waals surface area (Å²) < 4.78 is 0. The first-order valence-corrected chi connectivity index (χ1v) is 13.9. The van der Waals surface area contributed by atoms with Crippen LogP contribution in [0, 0.1) is 0 Å². The summed E-state index contributed by atoms with van der Waals surface area (Å²) in [5.74, 6) is 12.6. The second kappa shape index (κ2) is 21.2. The number of rotatable bonds is 9. The first-order chi connectivity index (χ1) is 19.3. The van der Waals surface area contributed by atoms with Crippen molar-refractivity contribution in [1.29, 1.82) is 0 Å². The van der Waals surface area contributed by atoms with Crippen molar-refractivity contribution in [2.45, 2.75) is 66.2 Å². The fraction of sp³-hybridized carbons (Fsp3) is 0.483. The topological polar surface area (TPSA) is 173 Å². The minimum Gasteiger partial charge on any atom is -0.516 e. The van der Waals surface area contributed by atoms with Crippen LogP contribution in [0.4, 0.5) is 11.5 Å². The summed E-state index contributed by atoms with van der Waals surface area (Å²) in [6, 6.07) is 5.98. The highest BCUT2D eigenvalue weighted by Crippen LogP contribution is 2.26. The Kier molecular flexibility index (Phi) is 19.2. The second-order valence-electron chi connectivity index (χ2n) is 8.58. The molecule has 0 saturated carbocycles. The lowest BCUT2D eigenvalue weighted by Crippen LogP contribution is -2.31. The Morgan fingerprint density at radius 3 is 2.23 bits per heavy atom. The standard InChI is InChI=1S/C23H35N9.C2H7N.C2H4O.C2H6/c1-4-18-20(31-13-7-6-8-14-31)12-10-19(29-18)23(24)21(30(3)25)11-9-17-15-22(28-16-27-17)32(26)5-2;2*1-2-3;1-2/h5,10,12,15-16H,2,4,6-9,11,13-14,24-26H2,1,3H3;2-3H2,1H3;2-3H,1H2;1-2H3/b23-21-;;;. The number of aliphatic hydroxyl groups excluding tert-OH is 1. The summed E-state index contributed by atoms with van der Waals surface area (Å²) in [6.45, 7) is 17.5. The third-order valence-electron chi connectivity index (χ3n) is 5.78. The average molecular weight is 557 g/mol. The molecule has 40 heavy (non-hydrogen) atoms. The number of piperidine rings is 1. The second-order valence-corrected chi connectivity index (χ2v) is 8.58. The molecule has 0 amide bonds. The van der Waals surface area contributed by atoms with Crippen molar-refractivity contribution in [1.82, 2.24) is 20.0 Å². The van der Waals surface area contributed by atoms with Gasteiger partial charge in [-0.15, -0.1) is 0 Å². The molecule has 1 saturated heterocycles. The SMILES string of the molecule is C=CN(N)c1cc(CC/C(=C(/N)c2ccc(N3CCCCC3)c(CC)n2)N(C)N)ncn1.C=CO.CC.CCN. The predicted molar refractivity (Wildman–Crippen MR) is 169 cm³/mol. The molecule has 2 aromatic heterocycles. The third kappa shape index (κ3) is 12.0. The van der Waals surface area contributed by atoms with Crippen molar-refractivity contribution in [2.75, 3.05) is 36.6 Å². The Morgan fingerprint density at radius 1 is 1.10 bits per heavy atom. The smallest absolute Gasteiger partial charge is 0.150 e. The van der Waals surface area contributed by atoms with Crippen molar-refractivity contribution >= 4 is 17.2 Å². The predicted octanol–water partition coefficient (Wildman–Crippen LogP) is 3.99. The maximum Gasteiger partial charge on any atom is 0.150 e. The number of anilines is 2. The molecule has 0 spiro atoms. The normalized spacial score (nSPS) is 12.7. The lowest BCUT2D eigenvalue weighted by Gasteiger charge is -2.30. The summed E-state index contributed by atoms with van der Waals surface area (Å²) in [7, 11) is 1.79. The van der Waals surface area contributed by atoms with E-state index in [2.05, 4.69) is 41.0 Å². The first kappa shape index (κ1) is 36.3. The van der Waals surface area contributed by atoms with Gasteiger partial charge < -0.3 is 26.5 Å². The van der Waals surface area contributed by atoms with Gasteiger partial charge in [0.05, 0.1) is 34.7 Å². The number of nitrogens with two attached hydrogens (primary N) is 4. The van der Waals surface area contributed by atoms with E-state index in [1.54, 1.807) is 12.1 Å². The van der Waals surface area contributed by atoms with Crippen molar-refractivity contribution < 1.29 is 5.11 Å². The number of aryl methyl sites for hydroxylation is 2. The van der Waals surface area contributed by atoms with Gasteiger partial charge in [0.25, 0.3) is 0 Å². The summed E-state index contributed by atoms with van der Waals surface area (Å²) >= 11 is 0. The molecule has 1 aliphatic rings. The van der Waals surface area contributed by atoms with E-state index < -0.39 is 0 Å². The minimum atomic E-state index is 0.576. The van der Waals surface area contributed by atoms with Crippen LogP contribution in [0.5, 0.6) is 0 Å². The molecule has 2 aromatic rings. The van der Waals surface area contributed by atoms with Gasteiger partial charge in [0.15, 0.2) is 0 Å². The highest BCUT2D eigenvalue weighted by atomic mass is 16.2. The molecule has 1 fully saturated rings. The highest BCUT2D eigenvalue weighted by Gasteiger charge is 2.17. The van der Waals surface area contributed by atoms with Crippen LogP contribution in [0.1, 0.15) is 70.5 Å². The zero-order valence-electron chi connectivity index (χ0n) is 25.2. The number of hydrogen-bond donors (Lipinski definition) is 5. The van der Waals surface area contributed by atoms with Gasteiger partial charge in [0, 0.05) is 38.1 Å². The van der Waals surface area contributed by atoms with Gasteiger partial charge in [-0.05, 0) is 57.2 Å². The van der Waals surface area contributed by atoms with Gasteiger partial charge >= 0.3 is 0 Å². The number of allylic oxidation sites excluding steroid dienone is 1. The zero-order valence-corrected chi connectivity index (χ0v) is 25.2. The van der Waals surface area contributed by atoms with E-state index in [0.717, 1.165) is 55.1 Å². The lowest BCUT2D eigenvalue weighted by molar-refractivity contribution is 0.422. The van der Waals surface area contributed by atoms with Crippen LogP contribution in [0.3, 0.4) is 0 Å². The number of aromatic nitrogens is 3. The molecule has 0 aliphatic carbocycles. The Hall–Kier alpha value is -3.67. The van der Waals surface area contributed by atoms with Crippen molar-refractivity contribution in [3.05, 3.63) is 72.9 Å². The lowest BCUT2D eigenvalue weighted by atomic mass is 10.1. The number of hydrogen-bond acceptors (Lipinski definition) is 11.